The Balaban J connectivity index is 2.70. The molecule has 3 heteroatoms. The van der Waals surface area contributed by atoms with Crippen molar-refractivity contribution in [3.8, 4) is 0 Å². The average Bonchev–Trinajstić information content (AvgIpc) is 2.19. The van der Waals surface area contributed by atoms with Crippen molar-refractivity contribution in [3.05, 3.63) is 12.7 Å². The van der Waals surface area contributed by atoms with Crippen molar-refractivity contribution < 1.29 is 9.53 Å². The molecule has 0 aliphatic carbocycles. The summed E-state index contributed by atoms with van der Waals surface area (Å²) in [5.74, 6) is -0.135. The Labute approximate surface area is 85.5 Å². The van der Waals surface area contributed by atoms with Crippen LogP contribution >= 0.6 is 0 Å². The van der Waals surface area contributed by atoms with Gasteiger partial charge in [0.1, 0.15) is 0 Å². The summed E-state index contributed by atoms with van der Waals surface area (Å²) in [5.41, 5.74) is -0.467. The minimum Gasteiger partial charge on any atom is -0.367 e. The molecule has 0 bridgehead atoms. The van der Waals surface area contributed by atoms with Crippen LogP contribution in [0.3, 0.4) is 0 Å². The molecule has 1 fully saturated rings. The smallest absolute Gasteiger partial charge is 0.243 e. The molecule has 3 nitrogen and oxygen atoms in total. The molecule has 0 aromatic heterocycles. The first-order chi connectivity index (χ1) is 6.27. The molecule has 0 radical (unpaired) electrons. The zero-order valence-electron chi connectivity index (χ0n) is 9.39. The van der Waals surface area contributed by atoms with Crippen LogP contribution in [0.25, 0.3) is 0 Å². The van der Waals surface area contributed by atoms with E-state index in [1.807, 2.05) is 27.7 Å². The fourth-order valence-electron chi connectivity index (χ4n) is 2.02. The minimum absolute atomic E-state index is 0.0583. The topological polar surface area (TPSA) is 38.3 Å². The molecule has 1 rings (SSSR count). The molecule has 1 saturated heterocycles. The Morgan fingerprint density at radius 3 is 2.43 bits per heavy atom. The van der Waals surface area contributed by atoms with Gasteiger partial charge in [-0.2, -0.15) is 0 Å². The standard InChI is InChI=1S/C11H19NO2/c1-6-9(13)12-8-7-10(2,3)14-11(8,4)5/h6,8H,1,7H2,2-5H3,(H,12,13)/t8-/m0/s1. The SMILES string of the molecule is C=CC(=O)N[C@H]1CC(C)(C)OC1(C)C. The fourth-order valence-corrected chi connectivity index (χ4v) is 2.02. The molecule has 0 aromatic carbocycles. The van der Waals surface area contributed by atoms with Gasteiger partial charge in [0.2, 0.25) is 5.91 Å². The van der Waals surface area contributed by atoms with Crippen molar-refractivity contribution in [3.63, 3.8) is 0 Å². The van der Waals surface area contributed by atoms with E-state index in [0.29, 0.717) is 0 Å². The zero-order chi connectivity index (χ0) is 11.0. The molecule has 1 aliphatic rings. The lowest BCUT2D eigenvalue weighted by molar-refractivity contribution is -0.119. The number of nitrogens with one attached hydrogen (secondary N) is 1. The van der Waals surface area contributed by atoms with Crippen LogP contribution in [0, 0.1) is 0 Å². The Bertz CT molecular complexity index is 256. The van der Waals surface area contributed by atoms with Crippen molar-refractivity contribution in [2.45, 2.75) is 51.4 Å². The number of amides is 1. The van der Waals surface area contributed by atoms with Gasteiger partial charge in [0.05, 0.1) is 17.2 Å². The van der Waals surface area contributed by atoms with Crippen LogP contribution in [0.5, 0.6) is 0 Å². The molecule has 1 amide bonds. The van der Waals surface area contributed by atoms with Crippen LogP contribution in [0.15, 0.2) is 12.7 Å². The predicted molar refractivity (Wildman–Crippen MR) is 56.0 cm³/mol. The van der Waals surface area contributed by atoms with E-state index in [9.17, 15) is 4.79 Å². The summed E-state index contributed by atoms with van der Waals surface area (Å²) in [4.78, 5) is 11.2. The molecule has 1 atom stereocenters. The molecule has 1 aliphatic heterocycles. The Hall–Kier alpha value is -0.830. The third kappa shape index (κ3) is 2.35. The van der Waals surface area contributed by atoms with Crippen molar-refractivity contribution >= 4 is 5.91 Å². The highest BCUT2D eigenvalue weighted by atomic mass is 16.5. The second kappa shape index (κ2) is 3.39. The van der Waals surface area contributed by atoms with Crippen LogP contribution < -0.4 is 5.32 Å². The molecule has 1 N–H and O–H groups in total. The van der Waals surface area contributed by atoms with Gasteiger partial charge >= 0.3 is 0 Å². The number of rotatable bonds is 2. The van der Waals surface area contributed by atoms with Gasteiger partial charge in [0.15, 0.2) is 0 Å². The van der Waals surface area contributed by atoms with E-state index in [2.05, 4.69) is 11.9 Å². The normalized spacial score (nSPS) is 28.4. The van der Waals surface area contributed by atoms with Gasteiger partial charge in [-0.15, -0.1) is 0 Å². The maximum absolute atomic E-state index is 11.2. The molecule has 1 heterocycles. The molecule has 80 valence electrons. The molecule has 0 unspecified atom stereocenters. The summed E-state index contributed by atoms with van der Waals surface area (Å²) in [6.07, 6.45) is 2.13. The lowest BCUT2D eigenvalue weighted by Gasteiger charge is -2.27. The maximum atomic E-state index is 11.2. The number of carbonyl (C=O) groups excluding carboxylic acids is 1. The highest BCUT2D eigenvalue weighted by Crippen LogP contribution is 2.37. The highest BCUT2D eigenvalue weighted by Gasteiger charge is 2.46. The van der Waals surface area contributed by atoms with Crippen molar-refractivity contribution in [1.82, 2.24) is 5.32 Å². The van der Waals surface area contributed by atoms with E-state index in [0.717, 1.165) is 6.42 Å². The van der Waals surface area contributed by atoms with Gasteiger partial charge in [-0.1, -0.05) is 6.58 Å². The average molecular weight is 197 g/mol. The molecule has 14 heavy (non-hydrogen) atoms. The molecule has 0 spiro atoms. The summed E-state index contributed by atoms with van der Waals surface area (Å²) >= 11 is 0. The Morgan fingerprint density at radius 2 is 2.07 bits per heavy atom. The van der Waals surface area contributed by atoms with E-state index in [1.165, 1.54) is 6.08 Å². The van der Waals surface area contributed by atoms with Crippen LogP contribution in [-0.4, -0.2) is 23.2 Å². The summed E-state index contributed by atoms with van der Waals surface area (Å²) < 4.78 is 5.85. The largest absolute Gasteiger partial charge is 0.367 e. The van der Waals surface area contributed by atoms with Crippen LogP contribution in [0.2, 0.25) is 0 Å². The van der Waals surface area contributed by atoms with Gasteiger partial charge in [0.25, 0.3) is 0 Å². The summed E-state index contributed by atoms with van der Waals surface area (Å²) in [6.45, 7) is 11.5. The van der Waals surface area contributed by atoms with Crippen molar-refractivity contribution in [2.24, 2.45) is 0 Å². The van der Waals surface area contributed by atoms with Crippen molar-refractivity contribution in [2.75, 3.05) is 0 Å². The zero-order valence-corrected chi connectivity index (χ0v) is 9.39. The van der Waals surface area contributed by atoms with Crippen LogP contribution in [0.4, 0.5) is 0 Å². The Morgan fingerprint density at radius 1 is 1.50 bits per heavy atom. The van der Waals surface area contributed by atoms with Gasteiger partial charge in [-0.25, -0.2) is 0 Å². The van der Waals surface area contributed by atoms with E-state index in [1.54, 1.807) is 0 Å². The summed E-state index contributed by atoms with van der Waals surface area (Å²) in [7, 11) is 0. The second-order valence-electron chi connectivity index (χ2n) is 4.93. The van der Waals surface area contributed by atoms with Gasteiger partial charge in [-0.05, 0) is 40.2 Å². The minimum atomic E-state index is -0.303. The fraction of sp³-hybridized carbons (Fsp3) is 0.727. The first-order valence-corrected chi connectivity index (χ1v) is 4.90. The number of hydrogen-bond acceptors (Lipinski definition) is 2. The van der Waals surface area contributed by atoms with Crippen molar-refractivity contribution in [1.29, 1.82) is 0 Å². The molecule has 0 aromatic rings. The van der Waals surface area contributed by atoms with Gasteiger partial charge in [0, 0.05) is 0 Å². The first-order valence-electron chi connectivity index (χ1n) is 4.90. The predicted octanol–water partition coefficient (Wildman–Crippen LogP) is 1.63. The summed E-state index contributed by atoms with van der Waals surface area (Å²) in [6, 6.07) is 0.0583. The monoisotopic (exact) mass is 197 g/mol. The summed E-state index contributed by atoms with van der Waals surface area (Å²) in [5, 5.41) is 2.89. The molecular formula is C11H19NO2. The lowest BCUT2D eigenvalue weighted by atomic mass is 9.94. The number of hydrogen-bond donors (Lipinski definition) is 1. The highest BCUT2D eigenvalue weighted by molar-refractivity contribution is 5.87. The van der Waals surface area contributed by atoms with Crippen LogP contribution in [-0.2, 0) is 9.53 Å². The molecule has 0 saturated carbocycles. The maximum Gasteiger partial charge on any atom is 0.243 e. The third-order valence-electron chi connectivity index (χ3n) is 2.58. The van der Waals surface area contributed by atoms with E-state index in [4.69, 9.17) is 4.74 Å². The lowest BCUT2D eigenvalue weighted by Crippen LogP contribution is -2.45. The third-order valence-corrected chi connectivity index (χ3v) is 2.58. The Kier molecular flexibility index (Phi) is 2.72. The van der Waals surface area contributed by atoms with Gasteiger partial charge < -0.3 is 10.1 Å². The van der Waals surface area contributed by atoms with E-state index >= 15 is 0 Å². The first kappa shape index (κ1) is 11.2. The number of ether oxygens (including phenoxy) is 1. The quantitative estimate of drug-likeness (QED) is 0.683. The second-order valence-corrected chi connectivity index (χ2v) is 4.93. The number of carbonyl (C=O) groups is 1. The van der Waals surface area contributed by atoms with Gasteiger partial charge in [-0.3, -0.25) is 4.79 Å². The van der Waals surface area contributed by atoms with Crippen LogP contribution in [0.1, 0.15) is 34.1 Å². The molecular weight excluding hydrogens is 178 g/mol. The van der Waals surface area contributed by atoms with E-state index < -0.39 is 0 Å². The van der Waals surface area contributed by atoms with E-state index in [-0.39, 0.29) is 23.2 Å².